The van der Waals surface area contributed by atoms with E-state index in [-0.39, 0.29) is 0 Å². The van der Waals surface area contributed by atoms with Crippen LogP contribution in [0, 0.1) is 0 Å². The van der Waals surface area contributed by atoms with Crippen molar-refractivity contribution in [2.24, 2.45) is 0 Å². The molecule has 0 heterocycles. The number of nitrogens with zero attached hydrogens (tertiary/aromatic N) is 2. The first-order valence-electron chi connectivity index (χ1n) is 5.89. The van der Waals surface area contributed by atoms with Gasteiger partial charge in [0.05, 0.1) is 0 Å². The Morgan fingerprint density at radius 3 is 2.00 bits per heavy atom. The minimum Gasteiger partial charge on any atom is -0.309 e. The van der Waals surface area contributed by atoms with Gasteiger partial charge in [0, 0.05) is 6.04 Å². The molecule has 0 fully saturated rings. The first-order valence-corrected chi connectivity index (χ1v) is 5.89. The van der Waals surface area contributed by atoms with Gasteiger partial charge in [-0.2, -0.15) is 0 Å². The van der Waals surface area contributed by atoms with Gasteiger partial charge < -0.3 is 9.80 Å². The van der Waals surface area contributed by atoms with Crippen LogP contribution in [0.25, 0.3) is 0 Å². The highest BCUT2D eigenvalue weighted by Gasteiger charge is 2.07. The fraction of sp³-hybridized carbons (Fsp3) is 1.00. The predicted molar refractivity (Wildman–Crippen MR) is 64.8 cm³/mol. The quantitative estimate of drug-likeness (QED) is 0.555. The lowest BCUT2D eigenvalue weighted by Gasteiger charge is -2.22. The monoisotopic (exact) mass is 200 g/mol. The van der Waals surface area contributed by atoms with Crippen molar-refractivity contribution in [3.8, 4) is 0 Å². The lowest BCUT2D eigenvalue weighted by atomic mass is 10.1. The third-order valence-electron chi connectivity index (χ3n) is 2.84. The van der Waals surface area contributed by atoms with E-state index in [9.17, 15) is 0 Å². The smallest absolute Gasteiger partial charge is 0.00865 e. The van der Waals surface area contributed by atoms with Crippen LogP contribution in [0.2, 0.25) is 0 Å². The third-order valence-corrected chi connectivity index (χ3v) is 2.84. The maximum atomic E-state index is 2.35. The van der Waals surface area contributed by atoms with E-state index >= 15 is 0 Å². The summed E-state index contributed by atoms with van der Waals surface area (Å²) in [6, 6.07) is 0.786. The second kappa shape index (κ2) is 8.25. The highest BCUT2D eigenvalue weighted by molar-refractivity contribution is 4.63. The number of hydrogen-bond donors (Lipinski definition) is 0. The predicted octanol–water partition coefficient (Wildman–Crippen LogP) is 2.45. The zero-order valence-corrected chi connectivity index (χ0v) is 10.7. The Morgan fingerprint density at radius 2 is 1.57 bits per heavy atom. The average molecular weight is 200 g/mol. The molecule has 0 aromatic heterocycles. The summed E-state index contributed by atoms with van der Waals surface area (Å²) in [5, 5.41) is 0. The summed E-state index contributed by atoms with van der Waals surface area (Å²) in [5.41, 5.74) is 0. The summed E-state index contributed by atoms with van der Waals surface area (Å²) >= 11 is 0. The Labute approximate surface area is 90.3 Å². The fourth-order valence-corrected chi connectivity index (χ4v) is 1.81. The van der Waals surface area contributed by atoms with Crippen LogP contribution < -0.4 is 0 Å². The zero-order valence-electron chi connectivity index (χ0n) is 10.7. The Balaban J connectivity index is 3.33. The van der Waals surface area contributed by atoms with Crippen molar-refractivity contribution in [2.75, 3.05) is 34.7 Å². The maximum Gasteiger partial charge on any atom is 0.00865 e. The van der Waals surface area contributed by atoms with Crippen molar-refractivity contribution in [1.29, 1.82) is 0 Å². The van der Waals surface area contributed by atoms with Gasteiger partial charge >= 0.3 is 0 Å². The van der Waals surface area contributed by atoms with Crippen molar-refractivity contribution >= 4 is 0 Å². The third kappa shape index (κ3) is 7.34. The highest BCUT2D eigenvalue weighted by Crippen LogP contribution is 2.10. The molecule has 0 aromatic carbocycles. The summed E-state index contributed by atoms with van der Waals surface area (Å²) in [6.45, 7) is 3.52. The Morgan fingerprint density at radius 1 is 0.929 bits per heavy atom. The van der Waals surface area contributed by atoms with Crippen LogP contribution in [-0.4, -0.2) is 50.6 Å². The van der Waals surface area contributed by atoms with Gasteiger partial charge in [0.2, 0.25) is 0 Å². The zero-order chi connectivity index (χ0) is 11.0. The molecule has 0 N–H and O–H groups in total. The van der Waals surface area contributed by atoms with Crippen molar-refractivity contribution in [2.45, 2.75) is 45.1 Å². The van der Waals surface area contributed by atoms with Crippen LogP contribution in [0.15, 0.2) is 0 Å². The van der Waals surface area contributed by atoms with E-state index in [1.165, 1.54) is 38.6 Å². The molecule has 14 heavy (non-hydrogen) atoms. The second-order valence-electron chi connectivity index (χ2n) is 4.68. The molecule has 2 nitrogen and oxygen atoms in total. The van der Waals surface area contributed by atoms with Gasteiger partial charge in [0.25, 0.3) is 0 Å². The molecule has 0 saturated heterocycles. The van der Waals surface area contributed by atoms with Crippen molar-refractivity contribution in [1.82, 2.24) is 9.80 Å². The molecule has 0 radical (unpaired) electrons. The lowest BCUT2D eigenvalue weighted by Crippen LogP contribution is -2.26. The number of unbranched alkanes of at least 4 members (excludes halogenated alkanes) is 2. The van der Waals surface area contributed by atoms with Crippen molar-refractivity contribution < 1.29 is 0 Å². The van der Waals surface area contributed by atoms with Gasteiger partial charge in [-0.1, -0.05) is 19.8 Å². The highest BCUT2D eigenvalue weighted by atomic mass is 15.1. The van der Waals surface area contributed by atoms with Crippen LogP contribution in [0.3, 0.4) is 0 Å². The molecule has 1 atom stereocenters. The van der Waals surface area contributed by atoms with Crippen LogP contribution in [0.1, 0.15) is 39.0 Å². The van der Waals surface area contributed by atoms with Gasteiger partial charge in [-0.3, -0.25) is 0 Å². The largest absolute Gasteiger partial charge is 0.309 e. The topological polar surface area (TPSA) is 6.48 Å². The van der Waals surface area contributed by atoms with E-state index in [2.05, 4.69) is 44.9 Å². The summed E-state index contributed by atoms with van der Waals surface area (Å²) in [5.74, 6) is 0. The number of rotatable bonds is 8. The molecule has 0 aromatic rings. The molecule has 0 aliphatic heterocycles. The van der Waals surface area contributed by atoms with E-state index in [1.54, 1.807) is 0 Å². The van der Waals surface area contributed by atoms with Gasteiger partial charge in [-0.15, -0.1) is 0 Å². The summed E-state index contributed by atoms with van der Waals surface area (Å²) in [7, 11) is 8.67. The van der Waals surface area contributed by atoms with Crippen LogP contribution in [-0.2, 0) is 0 Å². The molecule has 0 aliphatic carbocycles. The number of hydrogen-bond acceptors (Lipinski definition) is 2. The van der Waals surface area contributed by atoms with Gasteiger partial charge in [0.1, 0.15) is 0 Å². The van der Waals surface area contributed by atoms with Crippen LogP contribution in [0.4, 0.5) is 0 Å². The van der Waals surface area contributed by atoms with Gasteiger partial charge in [-0.25, -0.2) is 0 Å². The van der Waals surface area contributed by atoms with E-state index < -0.39 is 0 Å². The van der Waals surface area contributed by atoms with Gasteiger partial charge in [-0.05, 0) is 54.0 Å². The maximum absolute atomic E-state index is 2.35. The Bertz CT molecular complexity index is 121. The van der Waals surface area contributed by atoms with Crippen molar-refractivity contribution in [3.63, 3.8) is 0 Å². The molecular weight excluding hydrogens is 172 g/mol. The average Bonchev–Trinajstić information content (AvgIpc) is 2.10. The Hall–Kier alpha value is -0.0800. The van der Waals surface area contributed by atoms with E-state index in [4.69, 9.17) is 0 Å². The van der Waals surface area contributed by atoms with E-state index in [0.717, 1.165) is 6.04 Å². The standard InChI is InChI=1S/C12H28N2/c1-6-12(14(4)5)10-8-7-9-11-13(2)3/h12H,6-11H2,1-5H3. The molecule has 1 unspecified atom stereocenters. The summed E-state index contributed by atoms with van der Waals surface area (Å²) in [6.07, 6.45) is 6.74. The van der Waals surface area contributed by atoms with Gasteiger partial charge in [0.15, 0.2) is 0 Å². The summed E-state index contributed by atoms with van der Waals surface area (Å²) < 4.78 is 0. The molecule has 0 rings (SSSR count). The molecule has 0 amide bonds. The SMILES string of the molecule is CCC(CCCCCN(C)C)N(C)C. The minimum atomic E-state index is 0.786. The fourth-order valence-electron chi connectivity index (χ4n) is 1.81. The molecule has 2 heteroatoms. The first kappa shape index (κ1) is 13.9. The molecule has 0 aliphatic rings. The molecule has 86 valence electrons. The van der Waals surface area contributed by atoms with Crippen molar-refractivity contribution in [3.05, 3.63) is 0 Å². The second-order valence-corrected chi connectivity index (χ2v) is 4.68. The molecule has 0 saturated carbocycles. The van der Waals surface area contributed by atoms with E-state index in [1.807, 2.05) is 0 Å². The lowest BCUT2D eigenvalue weighted by molar-refractivity contribution is 0.263. The molecular formula is C12H28N2. The normalized spacial score (nSPS) is 13.9. The molecule has 0 bridgehead atoms. The minimum absolute atomic E-state index is 0.786. The van der Waals surface area contributed by atoms with Crippen LogP contribution >= 0.6 is 0 Å². The molecule has 0 spiro atoms. The van der Waals surface area contributed by atoms with Crippen LogP contribution in [0.5, 0.6) is 0 Å². The Kier molecular flexibility index (Phi) is 8.20. The summed E-state index contributed by atoms with van der Waals surface area (Å²) in [4.78, 5) is 4.62. The first-order chi connectivity index (χ1) is 6.57. The van der Waals surface area contributed by atoms with E-state index in [0.29, 0.717) is 0 Å².